The van der Waals surface area contributed by atoms with Gasteiger partial charge in [-0.25, -0.2) is 16.7 Å². The number of nitrogens with zero attached hydrogens (tertiary/aromatic N) is 2. The van der Waals surface area contributed by atoms with E-state index in [1.165, 1.54) is 5.01 Å². The van der Waals surface area contributed by atoms with Gasteiger partial charge in [0.05, 0.1) is 21.8 Å². The Balaban J connectivity index is 2.85. The Hall–Kier alpha value is -1.11. The van der Waals surface area contributed by atoms with Crippen molar-refractivity contribution in [3.05, 3.63) is 30.3 Å². The van der Waals surface area contributed by atoms with Crippen LogP contribution in [0, 0.1) is 0 Å². The molecule has 1 aromatic rings. The summed E-state index contributed by atoms with van der Waals surface area (Å²) in [5.74, 6) is 11.2. The number of anilines is 1. The summed E-state index contributed by atoms with van der Waals surface area (Å²) < 4.78 is 3.68. The summed E-state index contributed by atoms with van der Waals surface area (Å²) in [6, 6.07) is 9.33. The normalized spacial score (nSPS) is 11.2. The molecule has 0 saturated carbocycles. The molecule has 0 bridgehead atoms. The topological polar surface area (TPSA) is 79.7 Å². The maximum absolute atomic E-state index is 5.69. The molecule has 0 aliphatic rings. The minimum atomic E-state index is 0.325. The zero-order chi connectivity index (χ0) is 9.68. The number of guanidine groups is 1. The van der Waals surface area contributed by atoms with E-state index in [2.05, 4.69) is 25.6 Å². The van der Waals surface area contributed by atoms with E-state index in [1.807, 2.05) is 30.3 Å². The second-order valence-electron chi connectivity index (χ2n) is 2.26. The molecule has 6 heteroatoms. The van der Waals surface area contributed by atoms with Crippen molar-refractivity contribution in [3.8, 4) is 0 Å². The van der Waals surface area contributed by atoms with Crippen molar-refractivity contribution in [1.82, 2.24) is 5.43 Å². The van der Waals surface area contributed by atoms with Gasteiger partial charge in [0.1, 0.15) is 0 Å². The maximum atomic E-state index is 5.69. The molecule has 70 valence electrons. The summed E-state index contributed by atoms with van der Waals surface area (Å²) in [4.78, 5) is 0. The molecule has 0 aliphatic carbocycles. The third kappa shape index (κ3) is 2.41. The van der Waals surface area contributed by atoms with Crippen molar-refractivity contribution in [2.45, 2.75) is 0 Å². The number of nitrogens with two attached hydrogens (primary N) is 2. The summed E-state index contributed by atoms with van der Waals surface area (Å²) >= 11 is 2.90. The van der Waals surface area contributed by atoms with Gasteiger partial charge < -0.3 is 0 Å². The summed E-state index contributed by atoms with van der Waals surface area (Å²) in [7, 11) is 0. The van der Waals surface area contributed by atoms with Crippen molar-refractivity contribution in [2.75, 3.05) is 5.01 Å². The molecular weight excluding hydrogens is 234 g/mol. The molecule has 5 N–H and O–H groups in total. The highest BCUT2D eigenvalue weighted by Gasteiger charge is 2.06. The van der Waals surface area contributed by atoms with Gasteiger partial charge in [0.25, 0.3) is 0 Å². The van der Waals surface area contributed by atoms with Crippen LogP contribution in [0.5, 0.6) is 0 Å². The lowest BCUT2D eigenvalue weighted by Crippen LogP contribution is -2.48. The largest absolute Gasteiger partial charge is 0.292 e. The molecule has 0 heterocycles. The maximum Gasteiger partial charge on any atom is 0.239 e. The fraction of sp³-hybridized carbons (Fsp3) is 0. The lowest BCUT2D eigenvalue weighted by atomic mass is 10.3. The van der Waals surface area contributed by atoms with Gasteiger partial charge in [-0.3, -0.25) is 5.43 Å². The van der Waals surface area contributed by atoms with Crippen LogP contribution >= 0.6 is 16.1 Å². The van der Waals surface area contributed by atoms with Gasteiger partial charge in [-0.2, -0.15) is 4.02 Å². The predicted molar refractivity (Wildman–Crippen MR) is 56.8 cm³/mol. The van der Waals surface area contributed by atoms with Gasteiger partial charge in [0.2, 0.25) is 5.96 Å². The Morgan fingerprint density at radius 1 is 1.38 bits per heavy atom. The van der Waals surface area contributed by atoms with Crippen LogP contribution in [0.25, 0.3) is 0 Å². The summed E-state index contributed by atoms with van der Waals surface area (Å²) in [6.45, 7) is 0. The van der Waals surface area contributed by atoms with Crippen molar-refractivity contribution in [3.63, 3.8) is 0 Å². The van der Waals surface area contributed by atoms with Gasteiger partial charge in [-0.15, -0.1) is 0 Å². The Morgan fingerprint density at radius 3 is 2.46 bits per heavy atom. The van der Waals surface area contributed by atoms with Crippen molar-refractivity contribution >= 4 is 27.8 Å². The van der Waals surface area contributed by atoms with Crippen LogP contribution in [0.4, 0.5) is 5.69 Å². The highest BCUT2D eigenvalue weighted by molar-refractivity contribution is 9.08. The summed E-state index contributed by atoms with van der Waals surface area (Å²) in [5, 5.41) is 1.33. The molecule has 13 heavy (non-hydrogen) atoms. The SMILES string of the molecule is NNC(=NBr)N(N)c1ccccc1. The van der Waals surface area contributed by atoms with Crippen LogP contribution < -0.4 is 22.1 Å². The van der Waals surface area contributed by atoms with Crippen molar-refractivity contribution in [1.29, 1.82) is 0 Å². The fourth-order valence-corrected chi connectivity index (χ4v) is 1.12. The molecule has 0 unspecified atom stereocenters. The van der Waals surface area contributed by atoms with Gasteiger partial charge in [-0.05, 0) is 12.1 Å². The van der Waals surface area contributed by atoms with E-state index in [0.717, 1.165) is 5.69 Å². The number of halogens is 1. The number of hydrazine groups is 2. The lowest BCUT2D eigenvalue weighted by molar-refractivity contribution is 0.958. The molecule has 0 aromatic heterocycles. The molecule has 1 rings (SSSR count). The van der Waals surface area contributed by atoms with Gasteiger partial charge in [-0.1, -0.05) is 18.2 Å². The Morgan fingerprint density at radius 2 is 2.00 bits per heavy atom. The molecule has 0 saturated heterocycles. The zero-order valence-electron chi connectivity index (χ0n) is 6.81. The quantitative estimate of drug-likeness (QED) is 0.291. The highest BCUT2D eigenvalue weighted by atomic mass is 79.9. The lowest BCUT2D eigenvalue weighted by Gasteiger charge is -2.18. The van der Waals surface area contributed by atoms with Gasteiger partial charge >= 0.3 is 0 Å². The average Bonchev–Trinajstić information content (AvgIpc) is 2.21. The number of benzene rings is 1. The van der Waals surface area contributed by atoms with Crippen LogP contribution in [0.3, 0.4) is 0 Å². The second kappa shape index (κ2) is 4.80. The first-order chi connectivity index (χ1) is 6.29. The second-order valence-corrected chi connectivity index (χ2v) is 2.61. The zero-order valence-corrected chi connectivity index (χ0v) is 8.40. The van der Waals surface area contributed by atoms with Crippen molar-refractivity contribution < 1.29 is 0 Å². The highest BCUT2D eigenvalue weighted by Crippen LogP contribution is 2.09. The smallest absolute Gasteiger partial charge is 0.239 e. The number of hydrogen-bond donors (Lipinski definition) is 3. The van der Waals surface area contributed by atoms with Crippen LogP contribution in [0.15, 0.2) is 34.4 Å². The van der Waals surface area contributed by atoms with E-state index in [1.54, 1.807) is 0 Å². The summed E-state index contributed by atoms with van der Waals surface area (Å²) in [5.41, 5.74) is 3.14. The molecule has 0 aliphatic heterocycles. The van der Waals surface area contributed by atoms with E-state index in [4.69, 9.17) is 11.7 Å². The van der Waals surface area contributed by atoms with E-state index < -0.39 is 0 Å². The molecule has 0 amide bonds. The minimum Gasteiger partial charge on any atom is -0.292 e. The Labute approximate surface area is 84.7 Å². The van der Waals surface area contributed by atoms with E-state index in [9.17, 15) is 0 Å². The standard InChI is InChI=1S/C7H10BrN5/c8-11-7(12-9)13(10)6-4-2-1-3-5-6/h1-5H,9-10H2,(H,11,12). The van der Waals surface area contributed by atoms with Gasteiger partial charge in [0.15, 0.2) is 0 Å². The molecular formula is C7H10BrN5. The minimum absolute atomic E-state index is 0.325. The number of nitrogens with one attached hydrogen (secondary N) is 1. The third-order valence-electron chi connectivity index (χ3n) is 1.47. The molecule has 0 fully saturated rings. The van der Waals surface area contributed by atoms with Crippen LogP contribution in [-0.4, -0.2) is 5.96 Å². The number of rotatable bonds is 1. The molecule has 0 atom stereocenters. The Kier molecular flexibility index (Phi) is 3.69. The number of para-hydroxylation sites is 1. The van der Waals surface area contributed by atoms with E-state index in [-0.39, 0.29) is 0 Å². The first-order valence-electron chi connectivity index (χ1n) is 3.55. The monoisotopic (exact) mass is 243 g/mol. The molecule has 0 radical (unpaired) electrons. The molecule has 1 aromatic carbocycles. The molecule has 0 spiro atoms. The van der Waals surface area contributed by atoms with E-state index >= 15 is 0 Å². The van der Waals surface area contributed by atoms with Crippen LogP contribution in [-0.2, 0) is 0 Å². The van der Waals surface area contributed by atoms with E-state index in [0.29, 0.717) is 5.96 Å². The molecule has 5 nitrogen and oxygen atoms in total. The third-order valence-corrected chi connectivity index (χ3v) is 1.81. The van der Waals surface area contributed by atoms with Gasteiger partial charge in [0, 0.05) is 0 Å². The Bertz CT molecular complexity index is 286. The van der Waals surface area contributed by atoms with Crippen LogP contribution in [0.1, 0.15) is 0 Å². The average molecular weight is 244 g/mol. The first-order valence-corrected chi connectivity index (χ1v) is 4.26. The summed E-state index contributed by atoms with van der Waals surface area (Å²) in [6.07, 6.45) is 0. The fourth-order valence-electron chi connectivity index (χ4n) is 0.846. The predicted octanol–water partition coefficient (Wildman–Crippen LogP) is 0.496. The number of hydrogen-bond acceptors (Lipinski definition) is 3. The van der Waals surface area contributed by atoms with Crippen molar-refractivity contribution in [2.24, 2.45) is 15.7 Å². The first kappa shape index (κ1) is 9.97. The van der Waals surface area contributed by atoms with Crippen LogP contribution in [0.2, 0.25) is 0 Å².